The number of unbranched alkanes of at least 4 members (excludes halogenated alkanes) is 26. The average Bonchev–Trinajstić information content (AvgIpc) is 3.22. The molecule has 1 rings (SSSR count). The Balaban J connectivity index is 2.33. The second-order valence-electron chi connectivity index (χ2n) is 16.9. The number of aliphatic hydroxyl groups excluding tert-OH is 5. The summed E-state index contributed by atoms with van der Waals surface area (Å²) in [5.41, 5.74) is 0. The monoisotopic (exact) mass is 822 g/mol. The number of hydrogen-bond donors (Lipinski definition) is 6. The van der Waals surface area contributed by atoms with Crippen molar-refractivity contribution in [3.63, 3.8) is 0 Å². The van der Waals surface area contributed by atoms with Gasteiger partial charge in [-0.2, -0.15) is 0 Å². The van der Waals surface area contributed by atoms with Gasteiger partial charge in [-0.15, -0.1) is 0 Å². The Morgan fingerprint density at radius 2 is 1.02 bits per heavy atom. The van der Waals surface area contributed by atoms with Crippen molar-refractivity contribution < 1.29 is 39.8 Å². The van der Waals surface area contributed by atoms with E-state index in [2.05, 4.69) is 43.5 Å². The Labute approximate surface area is 355 Å². The third kappa shape index (κ3) is 29.6. The molecule has 340 valence electrons. The largest absolute Gasteiger partial charge is 0.394 e. The van der Waals surface area contributed by atoms with E-state index in [4.69, 9.17) is 9.47 Å². The molecule has 7 atom stereocenters. The minimum absolute atomic E-state index is 0.182. The Hall–Kier alpha value is -1.59. The molecule has 1 aliphatic rings. The zero-order valence-electron chi connectivity index (χ0n) is 37.3. The summed E-state index contributed by atoms with van der Waals surface area (Å²) >= 11 is 0. The lowest BCUT2D eigenvalue weighted by Gasteiger charge is -2.40. The first-order chi connectivity index (χ1) is 28.3. The highest BCUT2D eigenvalue weighted by atomic mass is 16.7. The number of rotatable bonds is 40. The lowest BCUT2D eigenvalue weighted by molar-refractivity contribution is -0.302. The van der Waals surface area contributed by atoms with Crippen LogP contribution in [0.15, 0.2) is 36.5 Å². The maximum Gasteiger partial charge on any atom is 0.220 e. The van der Waals surface area contributed by atoms with Crippen molar-refractivity contribution >= 4 is 5.91 Å². The first kappa shape index (κ1) is 54.4. The molecule has 0 radical (unpaired) electrons. The fraction of sp³-hybridized carbons (Fsp3) is 0.857. The van der Waals surface area contributed by atoms with Crippen LogP contribution in [0.1, 0.15) is 213 Å². The van der Waals surface area contributed by atoms with Gasteiger partial charge in [0.05, 0.1) is 25.4 Å². The molecular weight excluding hydrogens is 731 g/mol. The Bertz CT molecular complexity index is 1000. The lowest BCUT2D eigenvalue weighted by atomic mass is 9.99. The number of carbonyl (C=O) groups excluding carboxylic acids is 1. The summed E-state index contributed by atoms with van der Waals surface area (Å²) in [6.45, 7) is 3.75. The van der Waals surface area contributed by atoms with Gasteiger partial charge in [0, 0.05) is 6.42 Å². The van der Waals surface area contributed by atoms with Crippen molar-refractivity contribution in [3.8, 4) is 0 Å². The predicted molar refractivity (Wildman–Crippen MR) is 240 cm³/mol. The van der Waals surface area contributed by atoms with Crippen LogP contribution in [0, 0.1) is 0 Å². The first-order valence-electron chi connectivity index (χ1n) is 24.2. The minimum atomic E-state index is -1.57. The van der Waals surface area contributed by atoms with Gasteiger partial charge < -0.3 is 40.3 Å². The van der Waals surface area contributed by atoms with E-state index >= 15 is 0 Å². The number of amides is 1. The second-order valence-corrected chi connectivity index (χ2v) is 16.9. The van der Waals surface area contributed by atoms with E-state index in [1.165, 1.54) is 148 Å². The number of hydrogen-bond acceptors (Lipinski definition) is 8. The highest BCUT2D eigenvalue weighted by molar-refractivity contribution is 5.76. The fourth-order valence-electron chi connectivity index (χ4n) is 7.54. The average molecular weight is 822 g/mol. The SMILES string of the molecule is CCCCC/C=C\C/C=C\CCCCCCCCCCCC(=O)NC(COC1OC(CO)C(O)C(O)C1O)C(O)/C=C/CCCCCCCCCCCCCCCC. The van der Waals surface area contributed by atoms with Gasteiger partial charge in [0.2, 0.25) is 5.91 Å². The third-order valence-electron chi connectivity index (χ3n) is 11.5. The molecule has 9 nitrogen and oxygen atoms in total. The van der Waals surface area contributed by atoms with Crippen molar-refractivity contribution in [2.24, 2.45) is 0 Å². The Kier molecular flexibility index (Phi) is 37.1. The normalized spacial score (nSPS) is 21.1. The van der Waals surface area contributed by atoms with Gasteiger partial charge in [-0.25, -0.2) is 0 Å². The number of ether oxygens (including phenoxy) is 2. The van der Waals surface area contributed by atoms with Gasteiger partial charge in [0.15, 0.2) is 6.29 Å². The highest BCUT2D eigenvalue weighted by Gasteiger charge is 2.44. The topological polar surface area (TPSA) is 149 Å². The summed E-state index contributed by atoms with van der Waals surface area (Å²) in [7, 11) is 0. The number of nitrogens with one attached hydrogen (secondary N) is 1. The third-order valence-corrected chi connectivity index (χ3v) is 11.5. The van der Waals surface area contributed by atoms with Gasteiger partial charge >= 0.3 is 0 Å². The van der Waals surface area contributed by atoms with Crippen LogP contribution >= 0.6 is 0 Å². The van der Waals surface area contributed by atoms with Crippen molar-refractivity contribution in [3.05, 3.63) is 36.5 Å². The first-order valence-corrected chi connectivity index (χ1v) is 24.2. The molecule has 7 unspecified atom stereocenters. The van der Waals surface area contributed by atoms with Crippen LogP contribution in [0.5, 0.6) is 0 Å². The van der Waals surface area contributed by atoms with E-state index in [-0.39, 0.29) is 12.5 Å². The highest BCUT2D eigenvalue weighted by Crippen LogP contribution is 2.23. The van der Waals surface area contributed by atoms with Crippen molar-refractivity contribution in [1.29, 1.82) is 0 Å². The molecule has 0 aliphatic carbocycles. The molecule has 1 fully saturated rings. The van der Waals surface area contributed by atoms with Crippen LogP contribution in [-0.4, -0.2) is 87.5 Å². The molecule has 1 amide bonds. The smallest absolute Gasteiger partial charge is 0.220 e. The minimum Gasteiger partial charge on any atom is -0.394 e. The van der Waals surface area contributed by atoms with Crippen LogP contribution in [0.2, 0.25) is 0 Å². The van der Waals surface area contributed by atoms with Gasteiger partial charge in [-0.3, -0.25) is 4.79 Å². The van der Waals surface area contributed by atoms with Gasteiger partial charge in [0.1, 0.15) is 24.4 Å². The molecule has 0 aromatic carbocycles. The predicted octanol–water partition coefficient (Wildman–Crippen LogP) is 10.5. The number of allylic oxidation sites excluding steroid dienone is 5. The summed E-state index contributed by atoms with van der Waals surface area (Å²) in [5.74, 6) is -0.182. The standard InChI is InChI=1S/C49H91NO8/c1-3-5-7-9-11-13-15-17-19-21-22-23-25-27-29-31-33-35-37-39-45(53)50-42(41-57-49-48(56)47(55)46(54)44(40-51)58-49)43(52)38-36-34-32-30-28-26-24-20-18-16-14-12-10-8-6-4-2/h11,13,17,19,36,38,42-44,46-49,51-52,54-56H,3-10,12,14-16,18,20-35,37,39-41H2,1-2H3,(H,50,53)/b13-11-,19-17-,38-36+. The molecule has 6 N–H and O–H groups in total. The summed E-state index contributed by atoms with van der Waals surface area (Å²) in [4.78, 5) is 13.0. The number of carbonyl (C=O) groups is 1. The van der Waals surface area contributed by atoms with Gasteiger partial charge in [-0.1, -0.05) is 192 Å². The van der Waals surface area contributed by atoms with Crippen LogP contribution in [0.25, 0.3) is 0 Å². The van der Waals surface area contributed by atoms with E-state index in [0.29, 0.717) is 6.42 Å². The van der Waals surface area contributed by atoms with Gasteiger partial charge in [-0.05, 0) is 51.4 Å². The van der Waals surface area contributed by atoms with Crippen LogP contribution in [0.3, 0.4) is 0 Å². The number of aliphatic hydroxyl groups is 5. The quantitative estimate of drug-likeness (QED) is 0.0264. The molecule has 1 aliphatic heterocycles. The molecule has 0 spiro atoms. The Morgan fingerprint density at radius 1 is 0.586 bits per heavy atom. The molecule has 0 bridgehead atoms. The maximum absolute atomic E-state index is 13.0. The van der Waals surface area contributed by atoms with Crippen LogP contribution in [0.4, 0.5) is 0 Å². The van der Waals surface area contributed by atoms with Crippen molar-refractivity contribution in [2.45, 2.75) is 256 Å². The fourth-order valence-corrected chi connectivity index (χ4v) is 7.54. The van der Waals surface area contributed by atoms with E-state index < -0.39 is 49.5 Å². The van der Waals surface area contributed by atoms with Crippen molar-refractivity contribution in [1.82, 2.24) is 5.32 Å². The molecule has 9 heteroatoms. The molecule has 1 saturated heterocycles. The zero-order valence-corrected chi connectivity index (χ0v) is 37.3. The Morgan fingerprint density at radius 3 is 1.52 bits per heavy atom. The van der Waals surface area contributed by atoms with E-state index in [1.807, 2.05) is 6.08 Å². The zero-order chi connectivity index (χ0) is 42.3. The second kappa shape index (κ2) is 39.5. The summed E-state index contributed by atoms with van der Waals surface area (Å²) < 4.78 is 11.2. The van der Waals surface area contributed by atoms with E-state index in [0.717, 1.165) is 44.9 Å². The lowest BCUT2D eigenvalue weighted by Crippen LogP contribution is -2.60. The van der Waals surface area contributed by atoms with E-state index in [1.54, 1.807) is 6.08 Å². The summed E-state index contributed by atoms with van der Waals surface area (Å²) in [6.07, 6.45) is 41.8. The molecular formula is C49H91NO8. The maximum atomic E-state index is 13.0. The molecule has 0 aromatic rings. The molecule has 0 aromatic heterocycles. The van der Waals surface area contributed by atoms with Crippen molar-refractivity contribution in [2.75, 3.05) is 13.2 Å². The van der Waals surface area contributed by atoms with E-state index in [9.17, 15) is 30.3 Å². The molecule has 0 saturated carbocycles. The molecule has 58 heavy (non-hydrogen) atoms. The summed E-state index contributed by atoms with van der Waals surface area (Å²) in [5, 5.41) is 54.3. The van der Waals surface area contributed by atoms with Crippen LogP contribution < -0.4 is 5.32 Å². The summed E-state index contributed by atoms with van der Waals surface area (Å²) in [6, 6.07) is -0.805. The van der Waals surface area contributed by atoms with Crippen LogP contribution in [-0.2, 0) is 14.3 Å². The molecule has 1 heterocycles. The van der Waals surface area contributed by atoms with Gasteiger partial charge in [0.25, 0.3) is 0 Å².